The maximum Gasteiger partial charge on any atom is 0.331 e. The van der Waals surface area contributed by atoms with E-state index in [1.165, 1.54) is 7.11 Å². The quantitative estimate of drug-likeness (QED) is 0.368. The molecule has 1 aromatic carbocycles. The molecule has 0 unspecified atom stereocenters. The van der Waals surface area contributed by atoms with Crippen molar-refractivity contribution in [1.82, 2.24) is 5.06 Å². The van der Waals surface area contributed by atoms with Gasteiger partial charge in [-0.15, -0.1) is 0 Å². The van der Waals surface area contributed by atoms with Crippen LogP contribution in [0.5, 0.6) is 0 Å². The summed E-state index contributed by atoms with van der Waals surface area (Å²) in [6.07, 6.45) is 1.43. The van der Waals surface area contributed by atoms with Gasteiger partial charge in [0, 0.05) is 17.4 Å². The highest BCUT2D eigenvalue weighted by atomic mass is 35.5. The number of nitrogens with zero attached hydrogens (tertiary/aromatic N) is 1. The van der Waals surface area contributed by atoms with Crippen molar-refractivity contribution in [3.8, 4) is 0 Å². The van der Waals surface area contributed by atoms with Crippen molar-refractivity contribution in [1.29, 1.82) is 0 Å². The highest BCUT2D eigenvalue weighted by Crippen LogP contribution is 2.26. The number of esters is 1. The number of methoxy groups -OCH3 is 1. The normalized spacial score (nSPS) is 13.5. The van der Waals surface area contributed by atoms with E-state index in [9.17, 15) is 19.6 Å². The third kappa shape index (κ3) is 7.13. The standard InChI is InChI=1S/C20H29ClN2O5/c1-20(2,3)17(19(26)28-4)23(27)16(24)12-14(18(22)25)7-5-6-13-8-10-15(21)11-9-13/h8-11,14,17,27H,5-7,12H2,1-4H3,(H2,22,25)/t14-,17-/m1/s1. The summed E-state index contributed by atoms with van der Waals surface area (Å²) in [7, 11) is 1.18. The molecule has 0 heterocycles. The molecule has 0 aliphatic heterocycles. The van der Waals surface area contributed by atoms with Crippen molar-refractivity contribution in [2.24, 2.45) is 17.1 Å². The van der Waals surface area contributed by atoms with Crippen LogP contribution in [-0.4, -0.2) is 41.2 Å². The highest BCUT2D eigenvalue weighted by molar-refractivity contribution is 6.30. The predicted octanol–water partition coefficient (Wildman–Crippen LogP) is 2.96. The number of nitrogens with two attached hydrogens (primary N) is 1. The average molecular weight is 413 g/mol. The second-order valence-corrected chi connectivity index (χ2v) is 8.29. The third-order valence-corrected chi connectivity index (χ3v) is 4.75. The van der Waals surface area contributed by atoms with Crippen molar-refractivity contribution in [3.05, 3.63) is 34.9 Å². The van der Waals surface area contributed by atoms with Crippen LogP contribution in [-0.2, 0) is 25.5 Å². The van der Waals surface area contributed by atoms with Gasteiger partial charge in [0.05, 0.1) is 7.11 Å². The number of amides is 2. The van der Waals surface area contributed by atoms with Crippen molar-refractivity contribution >= 4 is 29.4 Å². The first-order valence-corrected chi connectivity index (χ1v) is 9.47. The van der Waals surface area contributed by atoms with Crippen LogP contribution in [0.15, 0.2) is 24.3 Å². The summed E-state index contributed by atoms with van der Waals surface area (Å²) in [4.78, 5) is 36.2. The number of hydroxylamine groups is 2. The molecule has 0 aromatic heterocycles. The molecule has 156 valence electrons. The van der Waals surface area contributed by atoms with Crippen LogP contribution in [0, 0.1) is 11.3 Å². The zero-order valence-electron chi connectivity index (χ0n) is 16.8. The van der Waals surface area contributed by atoms with Gasteiger partial charge in [-0.2, -0.15) is 0 Å². The molecule has 0 bridgehead atoms. The molecule has 0 aliphatic rings. The van der Waals surface area contributed by atoms with Crippen molar-refractivity contribution in [2.75, 3.05) is 7.11 Å². The third-order valence-electron chi connectivity index (χ3n) is 4.50. The first-order valence-electron chi connectivity index (χ1n) is 9.10. The lowest BCUT2D eigenvalue weighted by Crippen LogP contribution is -2.51. The van der Waals surface area contributed by atoms with E-state index in [2.05, 4.69) is 0 Å². The van der Waals surface area contributed by atoms with Crippen LogP contribution in [0.3, 0.4) is 0 Å². The van der Waals surface area contributed by atoms with Crippen LogP contribution in [0.4, 0.5) is 0 Å². The second-order valence-electron chi connectivity index (χ2n) is 7.85. The minimum Gasteiger partial charge on any atom is -0.467 e. The first kappa shape index (κ1) is 23.9. The predicted molar refractivity (Wildman–Crippen MR) is 106 cm³/mol. The lowest BCUT2D eigenvalue weighted by molar-refractivity contribution is -0.198. The van der Waals surface area contributed by atoms with E-state index in [0.717, 1.165) is 5.56 Å². The summed E-state index contributed by atoms with van der Waals surface area (Å²) < 4.78 is 4.69. The summed E-state index contributed by atoms with van der Waals surface area (Å²) in [5.74, 6) is -2.85. The molecule has 0 radical (unpaired) electrons. The van der Waals surface area contributed by atoms with Gasteiger partial charge < -0.3 is 10.5 Å². The maximum atomic E-state index is 12.5. The number of benzene rings is 1. The van der Waals surface area contributed by atoms with E-state index < -0.39 is 35.2 Å². The molecule has 0 spiro atoms. The minimum absolute atomic E-state index is 0.282. The largest absolute Gasteiger partial charge is 0.467 e. The molecule has 28 heavy (non-hydrogen) atoms. The summed E-state index contributed by atoms with van der Waals surface area (Å²) in [6.45, 7) is 5.09. The van der Waals surface area contributed by atoms with Gasteiger partial charge in [-0.25, -0.2) is 9.86 Å². The van der Waals surface area contributed by atoms with Crippen LogP contribution in [0.2, 0.25) is 5.02 Å². The molecular formula is C20H29ClN2O5. The molecule has 7 nitrogen and oxygen atoms in total. The molecule has 0 fully saturated rings. The summed E-state index contributed by atoms with van der Waals surface area (Å²) in [5.41, 5.74) is 5.73. The molecule has 8 heteroatoms. The Balaban J connectivity index is 2.73. The number of halogens is 1. The smallest absolute Gasteiger partial charge is 0.331 e. The van der Waals surface area contributed by atoms with Gasteiger partial charge in [0.25, 0.3) is 0 Å². The summed E-state index contributed by atoms with van der Waals surface area (Å²) in [6, 6.07) is 6.18. The van der Waals surface area contributed by atoms with Gasteiger partial charge in [-0.3, -0.25) is 14.8 Å². The lowest BCUT2D eigenvalue weighted by Gasteiger charge is -2.34. The summed E-state index contributed by atoms with van der Waals surface area (Å²) in [5, 5.41) is 11.3. The van der Waals surface area contributed by atoms with E-state index >= 15 is 0 Å². The van der Waals surface area contributed by atoms with E-state index in [1.807, 2.05) is 12.1 Å². The summed E-state index contributed by atoms with van der Waals surface area (Å²) >= 11 is 5.85. The van der Waals surface area contributed by atoms with Crippen molar-refractivity contribution in [2.45, 2.75) is 52.5 Å². The Morgan fingerprint density at radius 3 is 2.25 bits per heavy atom. The van der Waals surface area contributed by atoms with Gasteiger partial charge >= 0.3 is 5.97 Å². The van der Waals surface area contributed by atoms with Gasteiger partial charge in [0.2, 0.25) is 11.8 Å². The van der Waals surface area contributed by atoms with Gasteiger partial charge in [-0.05, 0) is 42.4 Å². The number of aryl methyl sites for hydroxylation is 1. The molecule has 1 aromatic rings. The molecule has 1 rings (SSSR count). The number of hydrogen-bond acceptors (Lipinski definition) is 5. The monoisotopic (exact) mass is 412 g/mol. The number of primary amides is 1. The first-order chi connectivity index (χ1) is 13.0. The van der Waals surface area contributed by atoms with Gasteiger partial charge in [-0.1, -0.05) is 44.5 Å². The molecule has 2 atom stereocenters. The fourth-order valence-electron chi connectivity index (χ4n) is 2.93. The number of carbonyl (C=O) groups is 3. The van der Waals surface area contributed by atoms with Crippen LogP contribution >= 0.6 is 11.6 Å². The number of rotatable bonds is 9. The van der Waals surface area contributed by atoms with Gasteiger partial charge in [0.15, 0.2) is 6.04 Å². The molecular weight excluding hydrogens is 384 g/mol. The Labute approximate surface area is 170 Å². The van der Waals surface area contributed by atoms with Crippen LogP contribution in [0.1, 0.15) is 45.6 Å². The van der Waals surface area contributed by atoms with Gasteiger partial charge in [0.1, 0.15) is 0 Å². The zero-order chi connectivity index (χ0) is 21.5. The number of carbonyl (C=O) groups excluding carboxylic acids is 3. The molecule has 0 aliphatic carbocycles. The Kier molecular flexibility index (Phi) is 8.91. The zero-order valence-corrected chi connectivity index (χ0v) is 17.5. The Bertz CT molecular complexity index is 685. The van der Waals surface area contributed by atoms with E-state index in [-0.39, 0.29) is 6.42 Å². The SMILES string of the molecule is COC(=O)[C@@H](N(O)C(=O)C[C@@H](CCCc1ccc(Cl)cc1)C(N)=O)C(C)(C)C. The van der Waals surface area contributed by atoms with E-state index in [1.54, 1.807) is 32.9 Å². The van der Waals surface area contributed by atoms with E-state index in [0.29, 0.717) is 29.3 Å². The van der Waals surface area contributed by atoms with Crippen LogP contribution < -0.4 is 5.73 Å². The minimum atomic E-state index is -1.19. The van der Waals surface area contributed by atoms with Crippen molar-refractivity contribution < 1.29 is 24.3 Å². The Morgan fingerprint density at radius 1 is 1.21 bits per heavy atom. The van der Waals surface area contributed by atoms with Crippen molar-refractivity contribution in [3.63, 3.8) is 0 Å². The molecule has 3 N–H and O–H groups in total. The maximum absolute atomic E-state index is 12.5. The number of ether oxygens (including phenoxy) is 1. The van der Waals surface area contributed by atoms with E-state index in [4.69, 9.17) is 22.1 Å². The second kappa shape index (κ2) is 10.4. The fraction of sp³-hybridized carbons (Fsp3) is 0.550. The molecule has 0 saturated carbocycles. The number of hydrogen-bond donors (Lipinski definition) is 2. The average Bonchev–Trinajstić information content (AvgIpc) is 2.60. The highest BCUT2D eigenvalue weighted by Gasteiger charge is 2.40. The lowest BCUT2D eigenvalue weighted by atomic mass is 9.86. The molecule has 0 saturated heterocycles. The fourth-order valence-corrected chi connectivity index (χ4v) is 3.05. The van der Waals surface area contributed by atoms with Crippen LogP contribution in [0.25, 0.3) is 0 Å². The Hall–Kier alpha value is -2.12. The topological polar surface area (TPSA) is 110 Å². The Morgan fingerprint density at radius 2 is 1.79 bits per heavy atom. The molecule has 2 amide bonds.